The molecule has 1 N–H and O–H groups in total. The van der Waals surface area contributed by atoms with E-state index < -0.39 is 0 Å². The zero-order valence-electron chi connectivity index (χ0n) is 10.8. The topological polar surface area (TPSA) is 41.6 Å². The van der Waals surface area contributed by atoms with Crippen LogP contribution in [0.4, 0.5) is 4.79 Å². The summed E-state index contributed by atoms with van der Waals surface area (Å²) < 4.78 is 5.28. The molecule has 2 rings (SSSR count). The summed E-state index contributed by atoms with van der Waals surface area (Å²) in [4.78, 5) is 13.8. The van der Waals surface area contributed by atoms with Gasteiger partial charge in [-0.2, -0.15) is 0 Å². The third-order valence-electron chi connectivity index (χ3n) is 3.94. The van der Waals surface area contributed by atoms with E-state index in [1.807, 2.05) is 4.90 Å². The van der Waals surface area contributed by atoms with Crippen LogP contribution in [-0.2, 0) is 4.74 Å². The Labute approximate surface area is 104 Å². The van der Waals surface area contributed by atoms with Crippen molar-refractivity contribution in [2.75, 3.05) is 32.8 Å². The average Bonchev–Trinajstić information content (AvgIpc) is 2.61. The Bertz CT molecular complexity index is 244. The number of likely N-dealkylation sites (tertiary alicyclic amines) is 1. The zero-order chi connectivity index (χ0) is 12.1. The van der Waals surface area contributed by atoms with Crippen molar-refractivity contribution in [1.29, 1.82) is 0 Å². The fraction of sp³-hybridized carbons (Fsp3) is 0.923. The third-order valence-corrected chi connectivity index (χ3v) is 3.94. The van der Waals surface area contributed by atoms with Crippen LogP contribution in [0.5, 0.6) is 0 Å². The predicted octanol–water partition coefficient (Wildman–Crippen LogP) is 1.85. The minimum absolute atomic E-state index is 0.0977. The van der Waals surface area contributed by atoms with Crippen LogP contribution in [0, 0.1) is 11.8 Å². The molecule has 98 valence electrons. The molecule has 4 nitrogen and oxygen atoms in total. The van der Waals surface area contributed by atoms with Crippen molar-refractivity contribution < 1.29 is 9.53 Å². The quantitative estimate of drug-likeness (QED) is 0.766. The number of rotatable bonds is 3. The van der Waals surface area contributed by atoms with Crippen LogP contribution in [0.3, 0.4) is 0 Å². The van der Waals surface area contributed by atoms with Gasteiger partial charge in [-0.1, -0.05) is 13.3 Å². The number of carbonyl (C=O) groups is 1. The average molecular weight is 240 g/mol. The number of carbonyl (C=O) groups excluding carboxylic acids is 1. The van der Waals surface area contributed by atoms with Gasteiger partial charge in [-0.15, -0.1) is 0 Å². The first-order chi connectivity index (χ1) is 8.31. The van der Waals surface area contributed by atoms with Gasteiger partial charge in [0.25, 0.3) is 0 Å². The molecular formula is C13H24N2O2. The Morgan fingerprint density at radius 3 is 2.53 bits per heavy atom. The summed E-state index contributed by atoms with van der Waals surface area (Å²) in [5.41, 5.74) is 0. The lowest BCUT2D eigenvalue weighted by molar-refractivity contribution is 0.107. The number of hydrogen-bond acceptors (Lipinski definition) is 3. The molecule has 0 aromatic heterocycles. The third kappa shape index (κ3) is 3.35. The summed E-state index contributed by atoms with van der Waals surface area (Å²) in [5.74, 6) is 1.37. The van der Waals surface area contributed by atoms with Gasteiger partial charge in [0.15, 0.2) is 0 Å². The number of fused-ring (bicyclic) bond motifs is 1. The number of unbranched alkanes of at least 4 members (excludes halogenated alkanes) is 1. The molecule has 2 atom stereocenters. The molecule has 2 unspecified atom stereocenters. The summed E-state index contributed by atoms with van der Waals surface area (Å²) in [7, 11) is 0. The van der Waals surface area contributed by atoms with Crippen LogP contribution in [0.2, 0.25) is 0 Å². The van der Waals surface area contributed by atoms with Gasteiger partial charge >= 0.3 is 6.09 Å². The standard InChI is InChI=1S/C13H24N2O2/c1-2-3-8-17-13(16)15-9-11-4-6-14-7-5-12(11)10-15/h11-12,14H,2-10H2,1H3. The number of nitrogens with zero attached hydrogens (tertiary/aromatic N) is 1. The van der Waals surface area contributed by atoms with Crippen molar-refractivity contribution in [1.82, 2.24) is 10.2 Å². The van der Waals surface area contributed by atoms with E-state index in [9.17, 15) is 4.79 Å². The highest BCUT2D eigenvalue weighted by Crippen LogP contribution is 2.30. The highest BCUT2D eigenvalue weighted by atomic mass is 16.6. The molecule has 0 aliphatic carbocycles. The number of ether oxygens (including phenoxy) is 1. The predicted molar refractivity (Wildman–Crippen MR) is 66.9 cm³/mol. The smallest absolute Gasteiger partial charge is 0.409 e. The lowest BCUT2D eigenvalue weighted by atomic mass is 9.92. The largest absolute Gasteiger partial charge is 0.449 e. The maximum atomic E-state index is 11.8. The first-order valence-corrected chi connectivity index (χ1v) is 6.93. The van der Waals surface area contributed by atoms with Gasteiger partial charge < -0.3 is 15.0 Å². The molecule has 1 amide bonds. The summed E-state index contributed by atoms with van der Waals surface area (Å²) >= 11 is 0. The van der Waals surface area contributed by atoms with E-state index in [1.54, 1.807) is 0 Å². The number of hydrogen-bond donors (Lipinski definition) is 1. The molecule has 2 heterocycles. The van der Waals surface area contributed by atoms with Crippen molar-refractivity contribution in [2.24, 2.45) is 11.8 Å². The first-order valence-electron chi connectivity index (χ1n) is 6.93. The second-order valence-electron chi connectivity index (χ2n) is 5.22. The van der Waals surface area contributed by atoms with E-state index in [2.05, 4.69) is 12.2 Å². The summed E-state index contributed by atoms with van der Waals surface area (Å²) in [6, 6.07) is 0. The zero-order valence-corrected chi connectivity index (χ0v) is 10.8. The summed E-state index contributed by atoms with van der Waals surface area (Å²) in [6.45, 7) is 6.67. The molecule has 0 radical (unpaired) electrons. The minimum Gasteiger partial charge on any atom is -0.449 e. The van der Waals surface area contributed by atoms with Crippen LogP contribution in [0.15, 0.2) is 0 Å². The Morgan fingerprint density at radius 2 is 1.94 bits per heavy atom. The van der Waals surface area contributed by atoms with Crippen molar-refractivity contribution in [3.05, 3.63) is 0 Å². The van der Waals surface area contributed by atoms with Crippen LogP contribution < -0.4 is 5.32 Å². The van der Waals surface area contributed by atoms with Crippen molar-refractivity contribution in [3.8, 4) is 0 Å². The van der Waals surface area contributed by atoms with Crippen LogP contribution in [-0.4, -0.2) is 43.8 Å². The van der Waals surface area contributed by atoms with Gasteiger partial charge in [-0.25, -0.2) is 4.79 Å². The Hall–Kier alpha value is -0.770. The van der Waals surface area contributed by atoms with E-state index in [0.29, 0.717) is 18.4 Å². The summed E-state index contributed by atoms with van der Waals surface area (Å²) in [5, 5.41) is 3.43. The van der Waals surface area contributed by atoms with Crippen LogP contribution in [0.1, 0.15) is 32.6 Å². The number of nitrogens with one attached hydrogen (secondary N) is 1. The molecule has 2 aliphatic heterocycles. The van der Waals surface area contributed by atoms with E-state index in [1.165, 1.54) is 12.8 Å². The summed E-state index contributed by atoms with van der Waals surface area (Å²) in [6.07, 6.45) is 4.34. The minimum atomic E-state index is -0.0977. The van der Waals surface area contributed by atoms with E-state index in [-0.39, 0.29) is 6.09 Å². The fourth-order valence-corrected chi connectivity index (χ4v) is 2.84. The lowest BCUT2D eigenvalue weighted by Gasteiger charge is -2.16. The lowest BCUT2D eigenvalue weighted by Crippen LogP contribution is -2.30. The molecule has 2 aliphatic rings. The van der Waals surface area contributed by atoms with E-state index in [4.69, 9.17) is 4.74 Å². The SMILES string of the molecule is CCCCOC(=O)N1CC2CCNCCC2C1. The second-order valence-corrected chi connectivity index (χ2v) is 5.22. The van der Waals surface area contributed by atoms with Crippen molar-refractivity contribution in [3.63, 3.8) is 0 Å². The van der Waals surface area contributed by atoms with Crippen molar-refractivity contribution in [2.45, 2.75) is 32.6 Å². The molecule has 0 aromatic carbocycles. The molecule has 2 fully saturated rings. The van der Waals surface area contributed by atoms with Gasteiger partial charge in [-0.05, 0) is 44.2 Å². The van der Waals surface area contributed by atoms with E-state index >= 15 is 0 Å². The molecule has 0 aromatic rings. The Morgan fingerprint density at radius 1 is 1.29 bits per heavy atom. The van der Waals surface area contributed by atoms with Gasteiger partial charge in [0.1, 0.15) is 0 Å². The monoisotopic (exact) mass is 240 g/mol. The van der Waals surface area contributed by atoms with Crippen LogP contribution in [0.25, 0.3) is 0 Å². The van der Waals surface area contributed by atoms with E-state index in [0.717, 1.165) is 39.0 Å². The first kappa shape index (κ1) is 12.7. The second kappa shape index (κ2) is 6.24. The van der Waals surface area contributed by atoms with Crippen LogP contribution >= 0.6 is 0 Å². The Balaban J connectivity index is 1.78. The number of amides is 1. The molecular weight excluding hydrogens is 216 g/mol. The molecule has 0 bridgehead atoms. The van der Waals surface area contributed by atoms with Gasteiger partial charge in [-0.3, -0.25) is 0 Å². The van der Waals surface area contributed by atoms with Gasteiger partial charge in [0, 0.05) is 13.1 Å². The van der Waals surface area contributed by atoms with Crippen molar-refractivity contribution >= 4 is 6.09 Å². The van der Waals surface area contributed by atoms with Gasteiger partial charge in [0.2, 0.25) is 0 Å². The fourth-order valence-electron chi connectivity index (χ4n) is 2.84. The highest BCUT2D eigenvalue weighted by molar-refractivity contribution is 5.68. The molecule has 0 spiro atoms. The molecule has 4 heteroatoms. The van der Waals surface area contributed by atoms with Gasteiger partial charge in [0.05, 0.1) is 6.61 Å². The normalized spacial score (nSPS) is 28.6. The molecule has 0 saturated carbocycles. The Kier molecular flexibility index (Phi) is 4.66. The molecule has 2 saturated heterocycles. The molecule has 17 heavy (non-hydrogen) atoms. The maximum absolute atomic E-state index is 11.8. The maximum Gasteiger partial charge on any atom is 0.409 e. The highest BCUT2D eigenvalue weighted by Gasteiger charge is 2.36.